The van der Waals surface area contributed by atoms with Crippen LogP contribution in [0.25, 0.3) is 0 Å². The Morgan fingerprint density at radius 3 is 1.58 bits per heavy atom. The molecule has 2 amide bonds. The third-order valence-electron chi connectivity index (χ3n) is 5.78. The summed E-state index contributed by atoms with van der Waals surface area (Å²) in [5, 5.41) is -0.660. The Hall–Kier alpha value is -3.77. The molecule has 8 nitrogen and oxygen atoms in total. The van der Waals surface area contributed by atoms with E-state index in [2.05, 4.69) is 14.5 Å². The lowest BCUT2D eigenvalue weighted by molar-refractivity contribution is -0.0521. The molecule has 2 aromatic carbocycles. The van der Waals surface area contributed by atoms with Crippen molar-refractivity contribution in [3.8, 4) is 23.0 Å². The lowest BCUT2D eigenvalue weighted by Gasteiger charge is -2.24. The number of hydrogen-bond donors (Lipinski definition) is 0. The van der Waals surface area contributed by atoms with Crippen molar-refractivity contribution in [2.45, 2.75) is 38.7 Å². The number of benzene rings is 2. The summed E-state index contributed by atoms with van der Waals surface area (Å²) in [6, 6.07) is 5.47. The third-order valence-corrected chi connectivity index (χ3v) is 6.33. The summed E-state index contributed by atoms with van der Waals surface area (Å²) in [5.41, 5.74) is -1.29. The molecule has 43 heavy (non-hydrogen) atoms. The van der Waals surface area contributed by atoms with Crippen LogP contribution < -0.4 is 23.8 Å². The zero-order chi connectivity index (χ0) is 37.8. The number of aromatic nitrogens is 1. The molecular formula is C29H24Cl2F4N2O6. The summed E-state index contributed by atoms with van der Waals surface area (Å²) >= 11 is 12.6. The number of alkyl halides is 4. The van der Waals surface area contributed by atoms with Crippen molar-refractivity contribution >= 4 is 40.7 Å². The van der Waals surface area contributed by atoms with Crippen molar-refractivity contribution < 1.29 is 57.1 Å². The molecule has 1 heterocycles. The number of carbonyl (C=O) groups is 2. The van der Waals surface area contributed by atoms with Crippen molar-refractivity contribution in [1.82, 2.24) is 4.98 Å². The fourth-order valence-electron chi connectivity index (χ4n) is 3.70. The van der Waals surface area contributed by atoms with Gasteiger partial charge in [-0.1, -0.05) is 23.2 Å². The van der Waals surface area contributed by atoms with Crippen molar-refractivity contribution in [3.05, 3.63) is 70.0 Å². The van der Waals surface area contributed by atoms with Gasteiger partial charge in [0.05, 0.1) is 28.9 Å². The van der Waals surface area contributed by atoms with Crippen LogP contribution in [0.2, 0.25) is 10.0 Å². The second-order valence-electron chi connectivity index (χ2n) is 8.78. The van der Waals surface area contributed by atoms with E-state index in [4.69, 9.17) is 43.6 Å². The second kappa shape index (κ2) is 13.3. The van der Waals surface area contributed by atoms with Gasteiger partial charge in [-0.3, -0.25) is 14.6 Å². The SMILES string of the molecule is [2H]C1([2H])C(COc2cc(C(=O)N(C(=O)c3ccc(OC(F)F)c(OCC4C([2H])([2H])C4([2H])[2H])c3)c3c(Cl)cncc3Cl)ccc2OC(F)F)C1([2H])[2H]. The molecule has 0 unspecified atom stereocenters. The van der Waals surface area contributed by atoms with E-state index in [1.807, 2.05) is 0 Å². The Morgan fingerprint density at radius 2 is 1.21 bits per heavy atom. The van der Waals surface area contributed by atoms with E-state index in [0.717, 1.165) is 48.8 Å². The maximum absolute atomic E-state index is 14.1. The molecule has 2 saturated carbocycles. The Morgan fingerprint density at radius 1 is 0.791 bits per heavy atom. The summed E-state index contributed by atoms with van der Waals surface area (Å²) in [4.78, 5) is 32.5. The van der Waals surface area contributed by atoms with E-state index in [0.29, 0.717) is 4.90 Å². The van der Waals surface area contributed by atoms with Gasteiger partial charge in [-0.2, -0.15) is 17.6 Å². The van der Waals surface area contributed by atoms with Crippen LogP contribution in [0, 0.1) is 11.8 Å². The van der Waals surface area contributed by atoms with E-state index in [-0.39, 0.29) is 10.0 Å². The maximum atomic E-state index is 14.1. The standard InChI is InChI=1S/C29H24Cl2F4N2O6/c30-19-11-36-12-20(31)25(19)37(26(38)17-5-7-21(42-28(32)33)23(9-17)40-13-15-1-2-15)27(39)18-6-8-22(43-29(34)35)24(10-18)41-14-16-3-4-16/h5-12,15-16,28-29H,1-4,13-14H2/i1D2,2D2,3D2,4D2. The Bertz CT molecular complexity index is 1710. The summed E-state index contributed by atoms with van der Waals surface area (Å²) in [6.45, 7) is -8.04. The number of pyridine rings is 1. The van der Waals surface area contributed by atoms with Crippen LogP contribution in [0.15, 0.2) is 48.8 Å². The normalized spacial score (nSPS) is 22.0. The molecule has 2 aliphatic rings. The highest BCUT2D eigenvalue weighted by molar-refractivity contribution is 6.42. The van der Waals surface area contributed by atoms with Crippen molar-refractivity contribution in [2.24, 2.45) is 11.8 Å². The fraction of sp³-hybridized carbons (Fsp3) is 0.345. The molecule has 0 bridgehead atoms. The largest absolute Gasteiger partial charge is 0.489 e. The highest BCUT2D eigenvalue weighted by atomic mass is 35.5. The van der Waals surface area contributed by atoms with Crippen molar-refractivity contribution in [3.63, 3.8) is 0 Å². The number of nitrogens with zero attached hydrogens (tertiary/aromatic N) is 2. The zero-order valence-electron chi connectivity index (χ0n) is 29.5. The zero-order valence-corrected chi connectivity index (χ0v) is 23.0. The molecule has 0 atom stereocenters. The first-order valence-electron chi connectivity index (χ1n) is 16.2. The van der Waals surface area contributed by atoms with Crippen molar-refractivity contribution in [2.75, 3.05) is 18.1 Å². The van der Waals surface area contributed by atoms with Gasteiger partial charge in [0, 0.05) is 34.5 Å². The minimum absolute atomic E-state index is 0.330. The number of hydrogen-bond acceptors (Lipinski definition) is 7. The molecule has 1 aromatic heterocycles. The van der Waals surface area contributed by atoms with Gasteiger partial charge in [0.15, 0.2) is 23.0 Å². The molecule has 2 aliphatic carbocycles. The number of anilines is 1. The Labute approximate surface area is 264 Å². The van der Waals surface area contributed by atoms with E-state index in [9.17, 15) is 27.2 Å². The number of rotatable bonds is 13. The van der Waals surface area contributed by atoms with Gasteiger partial charge in [-0.15, -0.1) is 0 Å². The van der Waals surface area contributed by atoms with Gasteiger partial charge >= 0.3 is 13.2 Å². The van der Waals surface area contributed by atoms with E-state index in [1.54, 1.807) is 0 Å². The number of amides is 2. The molecule has 14 heteroatoms. The Balaban J connectivity index is 1.53. The predicted molar refractivity (Wildman–Crippen MR) is 148 cm³/mol. The highest BCUT2D eigenvalue weighted by Gasteiger charge is 2.32. The average molecular weight is 651 g/mol. The minimum atomic E-state index is -3.37. The van der Waals surface area contributed by atoms with Gasteiger partial charge in [-0.25, -0.2) is 4.90 Å². The smallest absolute Gasteiger partial charge is 0.387 e. The van der Waals surface area contributed by atoms with Crippen LogP contribution in [-0.4, -0.2) is 43.2 Å². The summed E-state index contributed by atoms with van der Waals surface area (Å²) in [7, 11) is 0. The average Bonchev–Trinajstić information content (AvgIpc) is 3.63. The summed E-state index contributed by atoms with van der Waals surface area (Å²) in [5.74, 6) is -7.33. The van der Waals surface area contributed by atoms with Crippen LogP contribution in [0.1, 0.15) is 57.2 Å². The summed E-state index contributed by atoms with van der Waals surface area (Å²) < 4.78 is 135. The number of imide groups is 1. The van der Waals surface area contributed by atoms with Crippen molar-refractivity contribution in [1.29, 1.82) is 0 Å². The first-order valence-corrected chi connectivity index (χ1v) is 13.0. The molecule has 5 rings (SSSR count). The lowest BCUT2D eigenvalue weighted by Crippen LogP contribution is -2.37. The lowest BCUT2D eigenvalue weighted by atomic mass is 10.1. The molecule has 0 aliphatic heterocycles. The van der Waals surface area contributed by atoms with Gasteiger partial charge in [0.2, 0.25) is 0 Å². The molecule has 0 spiro atoms. The number of ether oxygens (including phenoxy) is 4. The van der Waals surface area contributed by atoms with Gasteiger partial charge in [0.1, 0.15) is 0 Å². The van der Waals surface area contributed by atoms with Crippen LogP contribution in [0.3, 0.4) is 0 Å². The maximum Gasteiger partial charge on any atom is 0.387 e. The van der Waals surface area contributed by atoms with E-state index in [1.165, 1.54) is 0 Å². The third kappa shape index (κ3) is 7.80. The fourth-order valence-corrected chi connectivity index (χ4v) is 4.23. The first kappa shape index (κ1) is 21.8. The monoisotopic (exact) mass is 650 g/mol. The van der Waals surface area contributed by atoms with Crippen LogP contribution in [0.5, 0.6) is 23.0 Å². The van der Waals surface area contributed by atoms with E-state index >= 15 is 0 Å². The molecule has 0 saturated heterocycles. The van der Waals surface area contributed by atoms with Gasteiger partial charge in [0.25, 0.3) is 11.8 Å². The number of carbonyl (C=O) groups excluding carboxylic acids is 2. The van der Waals surface area contributed by atoms with Gasteiger partial charge in [-0.05, 0) is 73.7 Å². The van der Waals surface area contributed by atoms with Crippen LogP contribution >= 0.6 is 23.2 Å². The molecule has 0 N–H and O–H groups in total. The molecular weight excluding hydrogens is 619 g/mol. The molecule has 3 aromatic rings. The minimum Gasteiger partial charge on any atom is -0.489 e. The van der Waals surface area contributed by atoms with Gasteiger partial charge < -0.3 is 18.9 Å². The van der Waals surface area contributed by atoms with Crippen LogP contribution in [-0.2, 0) is 0 Å². The Kier molecular flexibility index (Phi) is 6.73. The summed E-state index contributed by atoms with van der Waals surface area (Å²) in [6.07, 6.45) is -7.11. The first-order chi connectivity index (χ1) is 23.6. The predicted octanol–water partition coefficient (Wildman–Crippen LogP) is 7.66. The quantitative estimate of drug-likeness (QED) is 0.139. The van der Waals surface area contributed by atoms with E-state index < -0.39 is 115 Å². The highest BCUT2D eigenvalue weighted by Crippen LogP contribution is 2.39. The molecule has 228 valence electrons. The van der Waals surface area contributed by atoms with Crippen LogP contribution in [0.4, 0.5) is 23.2 Å². The second-order valence-corrected chi connectivity index (χ2v) is 9.60. The topological polar surface area (TPSA) is 87.2 Å². The number of halogens is 6. The molecule has 0 radical (unpaired) electrons. The molecule has 2 fully saturated rings.